The lowest BCUT2D eigenvalue weighted by Gasteiger charge is -2.13. The van der Waals surface area contributed by atoms with E-state index in [0.717, 1.165) is 31.2 Å². The molecule has 1 atom stereocenters. The summed E-state index contributed by atoms with van der Waals surface area (Å²) in [6, 6.07) is 13.4. The molecule has 7 nitrogen and oxygen atoms in total. The predicted molar refractivity (Wildman–Crippen MR) is 171 cm³/mol. The first-order chi connectivity index (χ1) is 21.0. The second-order valence-electron chi connectivity index (χ2n) is 11.1. The smallest absolute Gasteiger partial charge is 0.343 e. The van der Waals surface area contributed by atoms with Crippen molar-refractivity contribution in [3.05, 3.63) is 72.1 Å². The van der Waals surface area contributed by atoms with Crippen LogP contribution in [0, 0.1) is 0 Å². The highest BCUT2D eigenvalue weighted by atomic mass is 16.5. The summed E-state index contributed by atoms with van der Waals surface area (Å²) in [5.74, 6) is 0.694. The number of ether oxygens (including phenoxy) is 3. The standard InChI is InChI=1S/C36H48N2O5/c1-4-6-8-10-11-12-13-15-25-41-33-26-37-34(38-27-33)29-17-19-30(20-18-29)36(40)43-32-23-21-31(22-24-32)35(39)42-28(3)16-14-9-7-5-2/h17-24,26-28H,4-16,25H2,1-3H3/t28-/m1/s1. The van der Waals surface area contributed by atoms with E-state index in [0.29, 0.717) is 35.1 Å². The number of hydrogen-bond donors (Lipinski definition) is 0. The van der Waals surface area contributed by atoms with Crippen molar-refractivity contribution < 1.29 is 23.8 Å². The molecule has 0 amide bonds. The van der Waals surface area contributed by atoms with Gasteiger partial charge in [-0.05, 0) is 62.6 Å². The fourth-order valence-electron chi connectivity index (χ4n) is 4.71. The zero-order valence-corrected chi connectivity index (χ0v) is 26.2. The van der Waals surface area contributed by atoms with Crippen molar-refractivity contribution in [1.29, 1.82) is 0 Å². The Bertz CT molecular complexity index is 1210. The van der Waals surface area contributed by atoms with Crippen molar-refractivity contribution in [1.82, 2.24) is 9.97 Å². The third-order valence-corrected chi connectivity index (χ3v) is 7.35. The maximum absolute atomic E-state index is 12.7. The average molecular weight is 589 g/mol. The van der Waals surface area contributed by atoms with Crippen LogP contribution in [-0.4, -0.2) is 34.6 Å². The quantitative estimate of drug-likeness (QED) is 0.0738. The first-order valence-corrected chi connectivity index (χ1v) is 16.1. The Morgan fingerprint density at radius 2 is 1.19 bits per heavy atom. The van der Waals surface area contributed by atoms with Gasteiger partial charge in [-0.15, -0.1) is 0 Å². The highest BCUT2D eigenvalue weighted by molar-refractivity contribution is 5.92. The highest BCUT2D eigenvalue weighted by Crippen LogP contribution is 2.20. The Balaban J connectivity index is 1.40. The number of nitrogens with zero attached hydrogens (tertiary/aromatic N) is 2. The van der Waals surface area contributed by atoms with Crippen LogP contribution in [0.15, 0.2) is 60.9 Å². The maximum Gasteiger partial charge on any atom is 0.343 e. The molecule has 0 saturated heterocycles. The van der Waals surface area contributed by atoms with Crippen molar-refractivity contribution in [3.63, 3.8) is 0 Å². The summed E-state index contributed by atoms with van der Waals surface area (Å²) in [5.41, 5.74) is 1.61. The van der Waals surface area contributed by atoms with E-state index in [2.05, 4.69) is 23.8 Å². The van der Waals surface area contributed by atoms with Gasteiger partial charge in [-0.1, -0.05) is 90.2 Å². The number of unbranched alkanes of at least 4 members (excludes halogenated alkanes) is 10. The van der Waals surface area contributed by atoms with E-state index in [1.807, 2.05) is 6.92 Å². The average Bonchev–Trinajstić information content (AvgIpc) is 3.03. The van der Waals surface area contributed by atoms with Crippen molar-refractivity contribution in [3.8, 4) is 22.9 Å². The van der Waals surface area contributed by atoms with Gasteiger partial charge < -0.3 is 14.2 Å². The van der Waals surface area contributed by atoms with Gasteiger partial charge in [0.1, 0.15) is 5.75 Å². The Labute approximate surface area is 257 Å². The van der Waals surface area contributed by atoms with Crippen molar-refractivity contribution in [2.24, 2.45) is 0 Å². The first kappa shape index (κ1) is 33.8. The van der Waals surface area contributed by atoms with Crippen molar-refractivity contribution in [2.45, 2.75) is 110 Å². The summed E-state index contributed by atoms with van der Waals surface area (Å²) >= 11 is 0. The van der Waals surface area contributed by atoms with Crippen LogP contribution < -0.4 is 9.47 Å². The van der Waals surface area contributed by atoms with E-state index in [4.69, 9.17) is 14.2 Å². The molecule has 0 aliphatic carbocycles. The topological polar surface area (TPSA) is 87.6 Å². The molecule has 2 aromatic carbocycles. The van der Waals surface area contributed by atoms with Crippen molar-refractivity contribution in [2.75, 3.05) is 6.61 Å². The SMILES string of the molecule is CCCCCCCCCCOc1cnc(-c2ccc(C(=O)Oc3ccc(C(=O)O[C@H](C)CCCCCC)cc3)cc2)nc1. The van der Waals surface area contributed by atoms with E-state index >= 15 is 0 Å². The second kappa shape index (κ2) is 19.4. The molecule has 43 heavy (non-hydrogen) atoms. The number of hydrogen-bond acceptors (Lipinski definition) is 7. The lowest BCUT2D eigenvalue weighted by Crippen LogP contribution is -2.15. The van der Waals surface area contributed by atoms with E-state index in [1.165, 1.54) is 57.8 Å². The van der Waals surface area contributed by atoms with E-state index in [9.17, 15) is 9.59 Å². The fourth-order valence-corrected chi connectivity index (χ4v) is 4.71. The molecular formula is C36H48N2O5. The second-order valence-corrected chi connectivity index (χ2v) is 11.1. The van der Waals surface area contributed by atoms with Gasteiger partial charge in [0.15, 0.2) is 11.6 Å². The molecule has 0 saturated carbocycles. The molecule has 0 spiro atoms. The molecule has 0 aliphatic heterocycles. The van der Waals surface area contributed by atoms with Gasteiger partial charge >= 0.3 is 11.9 Å². The summed E-state index contributed by atoms with van der Waals surface area (Å²) in [4.78, 5) is 34.0. The molecule has 0 bridgehead atoms. The Morgan fingerprint density at radius 3 is 1.81 bits per heavy atom. The van der Waals surface area contributed by atoms with Crippen LogP contribution in [0.5, 0.6) is 11.5 Å². The van der Waals surface area contributed by atoms with Gasteiger partial charge in [0, 0.05) is 5.56 Å². The van der Waals surface area contributed by atoms with Gasteiger partial charge in [0.05, 0.1) is 36.2 Å². The van der Waals surface area contributed by atoms with Gasteiger partial charge in [-0.3, -0.25) is 0 Å². The summed E-state index contributed by atoms with van der Waals surface area (Å²) < 4.78 is 16.8. The molecule has 7 heteroatoms. The summed E-state index contributed by atoms with van der Waals surface area (Å²) in [5, 5.41) is 0. The summed E-state index contributed by atoms with van der Waals surface area (Å²) in [6.45, 7) is 7.00. The zero-order valence-electron chi connectivity index (χ0n) is 26.2. The lowest BCUT2D eigenvalue weighted by molar-refractivity contribution is 0.0319. The van der Waals surface area contributed by atoms with E-state index in [-0.39, 0.29) is 12.1 Å². The minimum Gasteiger partial charge on any atom is -0.490 e. The van der Waals surface area contributed by atoms with Crippen molar-refractivity contribution >= 4 is 11.9 Å². The lowest BCUT2D eigenvalue weighted by atomic mass is 10.1. The Kier molecular flexibility index (Phi) is 15.3. The zero-order chi connectivity index (χ0) is 30.7. The maximum atomic E-state index is 12.7. The van der Waals surface area contributed by atoms with E-state index in [1.54, 1.807) is 60.9 Å². The molecular weight excluding hydrogens is 540 g/mol. The molecule has 0 fully saturated rings. The number of carbonyl (C=O) groups is 2. The minimum atomic E-state index is -0.492. The van der Waals surface area contributed by atoms with Crippen LogP contribution in [0.4, 0.5) is 0 Å². The molecule has 0 aliphatic rings. The molecule has 0 N–H and O–H groups in total. The number of aromatic nitrogens is 2. The number of carbonyl (C=O) groups excluding carboxylic acids is 2. The summed E-state index contributed by atoms with van der Waals surface area (Å²) in [7, 11) is 0. The van der Waals surface area contributed by atoms with Crippen LogP contribution in [0.25, 0.3) is 11.4 Å². The molecule has 0 unspecified atom stereocenters. The van der Waals surface area contributed by atoms with Crippen LogP contribution in [0.3, 0.4) is 0 Å². The monoisotopic (exact) mass is 588 g/mol. The normalized spacial score (nSPS) is 11.6. The molecule has 1 heterocycles. The first-order valence-electron chi connectivity index (χ1n) is 16.1. The van der Waals surface area contributed by atoms with Gasteiger partial charge in [0.25, 0.3) is 0 Å². The van der Waals surface area contributed by atoms with Gasteiger partial charge in [0.2, 0.25) is 0 Å². The number of rotatable bonds is 20. The van der Waals surface area contributed by atoms with E-state index < -0.39 is 5.97 Å². The molecule has 1 aromatic heterocycles. The van der Waals surface area contributed by atoms with Crippen LogP contribution in [0.2, 0.25) is 0 Å². The molecule has 3 rings (SSSR count). The van der Waals surface area contributed by atoms with Gasteiger partial charge in [-0.2, -0.15) is 0 Å². The van der Waals surface area contributed by atoms with Gasteiger partial charge in [-0.25, -0.2) is 19.6 Å². The minimum absolute atomic E-state index is 0.133. The van der Waals surface area contributed by atoms with Crippen LogP contribution in [-0.2, 0) is 4.74 Å². The van der Waals surface area contributed by atoms with Crippen LogP contribution in [0.1, 0.15) is 125 Å². The highest BCUT2D eigenvalue weighted by Gasteiger charge is 2.14. The number of benzene rings is 2. The van der Waals surface area contributed by atoms with Crippen LogP contribution >= 0.6 is 0 Å². The predicted octanol–water partition coefficient (Wildman–Crippen LogP) is 9.40. The third kappa shape index (κ3) is 12.6. The largest absolute Gasteiger partial charge is 0.490 e. The molecule has 3 aromatic rings. The summed E-state index contributed by atoms with van der Waals surface area (Å²) in [6.07, 6.45) is 18.7. The number of esters is 2. The molecule has 232 valence electrons. The third-order valence-electron chi connectivity index (χ3n) is 7.35. The fraction of sp³-hybridized carbons (Fsp3) is 0.500. The Hall–Kier alpha value is -3.74. The molecule has 0 radical (unpaired) electrons. The Morgan fingerprint density at radius 1 is 0.651 bits per heavy atom.